The molecular formula is C20H28BF2NO4. The Bertz CT molecular complexity index is 788. The second-order valence-corrected chi connectivity index (χ2v) is 9.46. The fraction of sp³-hybridized carbons (Fsp3) is 0.650. The van der Waals surface area contributed by atoms with E-state index in [9.17, 15) is 9.18 Å². The van der Waals surface area contributed by atoms with Crippen LogP contribution < -0.4 is 5.46 Å². The second-order valence-electron chi connectivity index (χ2n) is 9.46. The molecule has 28 heavy (non-hydrogen) atoms. The molecule has 2 heterocycles. The highest BCUT2D eigenvalue weighted by atomic mass is 19.1. The van der Waals surface area contributed by atoms with Crippen molar-refractivity contribution in [2.45, 2.75) is 78.2 Å². The van der Waals surface area contributed by atoms with E-state index in [1.165, 1.54) is 11.0 Å². The molecule has 0 bridgehead atoms. The van der Waals surface area contributed by atoms with Crippen LogP contribution in [0.25, 0.3) is 0 Å². The van der Waals surface area contributed by atoms with Gasteiger partial charge in [-0.25, -0.2) is 13.6 Å². The molecule has 1 amide bonds. The molecule has 1 aromatic carbocycles. The minimum absolute atomic E-state index is 0.0167. The van der Waals surface area contributed by atoms with E-state index in [2.05, 4.69) is 0 Å². The van der Waals surface area contributed by atoms with E-state index >= 15 is 4.39 Å². The number of ether oxygens (including phenoxy) is 1. The van der Waals surface area contributed by atoms with Gasteiger partial charge >= 0.3 is 13.2 Å². The molecule has 0 aromatic heterocycles. The maximum atomic E-state index is 15.4. The molecule has 2 aliphatic heterocycles. The lowest BCUT2D eigenvalue weighted by molar-refractivity contribution is 0.00578. The van der Waals surface area contributed by atoms with Crippen LogP contribution in [-0.4, -0.2) is 41.5 Å². The Balaban J connectivity index is 1.92. The van der Waals surface area contributed by atoms with Gasteiger partial charge < -0.3 is 18.9 Å². The zero-order valence-electron chi connectivity index (χ0n) is 17.6. The van der Waals surface area contributed by atoms with E-state index < -0.39 is 41.6 Å². The van der Waals surface area contributed by atoms with E-state index in [0.717, 1.165) is 0 Å². The van der Waals surface area contributed by atoms with Crippen LogP contribution in [-0.2, 0) is 27.0 Å². The molecule has 5 nitrogen and oxygen atoms in total. The molecule has 0 saturated carbocycles. The van der Waals surface area contributed by atoms with Crippen molar-refractivity contribution in [3.63, 3.8) is 0 Å². The molecule has 154 valence electrons. The molecule has 1 fully saturated rings. The van der Waals surface area contributed by atoms with Crippen LogP contribution in [0.5, 0.6) is 0 Å². The van der Waals surface area contributed by atoms with Crippen molar-refractivity contribution in [2.75, 3.05) is 6.54 Å². The molecule has 0 unspecified atom stereocenters. The van der Waals surface area contributed by atoms with Crippen LogP contribution in [0.3, 0.4) is 0 Å². The summed E-state index contributed by atoms with van der Waals surface area (Å²) in [5, 5.41) is 0. The van der Waals surface area contributed by atoms with Gasteiger partial charge in [-0.2, -0.15) is 0 Å². The van der Waals surface area contributed by atoms with E-state index in [4.69, 9.17) is 14.0 Å². The predicted molar refractivity (Wildman–Crippen MR) is 102 cm³/mol. The second kappa shape index (κ2) is 6.70. The summed E-state index contributed by atoms with van der Waals surface area (Å²) >= 11 is 0. The molecule has 2 aliphatic rings. The Kier molecular flexibility index (Phi) is 5.03. The molecule has 0 N–H and O–H groups in total. The van der Waals surface area contributed by atoms with Crippen LogP contribution >= 0.6 is 0 Å². The minimum atomic E-state index is -1.15. The zero-order chi connectivity index (χ0) is 21.1. The molecule has 0 spiro atoms. The van der Waals surface area contributed by atoms with Gasteiger partial charge in [0.05, 0.1) is 23.2 Å². The number of benzene rings is 1. The third kappa shape index (κ3) is 3.76. The van der Waals surface area contributed by atoms with Crippen molar-refractivity contribution in [1.82, 2.24) is 4.90 Å². The Morgan fingerprint density at radius 3 is 2.29 bits per heavy atom. The lowest BCUT2D eigenvalue weighted by atomic mass is 9.76. The number of carbonyl (C=O) groups excluding carboxylic acids is 1. The molecule has 0 aliphatic carbocycles. The van der Waals surface area contributed by atoms with Gasteiger partial charge in [-0.05, 0) is 66.5 Å². The molecule has 8 heteroatoms. The normalized spacial score (nSPS) is 20.9. The van der Waals surface area contributed by atoms with Crippen molar-refractivity contribution in [3.8, 4) is 0 Å². The Morgan fingerprint density at radius 1 is 1.18 bits per heavy atom. The van der Waals surface area contributed by atoms with E-state index in [1.807, 2.05) is 27.7 Å². The number of hydrogen-bond acceptors (Lipinski definition) is 4. The van der Waals surface area contributed by atoms with Crippen LogP contribution in [0.15, 0.2) is 6.07 Å². The Hall–Kier alpha value is -1.67. The summed E-state index contributed by atoms with van der Waals surface area (Å²) in [6.07, 6.45) is -0.162. The maximum Gasteiger partial charge on any atom is 0.500 e. The fourth-order valence-corrected chi connectivity index (χ4v) is 3.30. The summed E-state index contributed by atoms with van der Waals surface area (Å²) in [6.45, 7) is 13.0. The Labute approximate surface area is 165 Å². The molecule has 0 atom stereocenters. The first kappa shape index (κ1) is 21.1. The largest absolute Gasteiger partial charge is 0.500 e. The van der Waals surface area contributed by atoms with Gasteiger partial charge in [-0.15, -0.1) is 0 Å². The zero-order valence-corrected chi connectivity index (χ0v) is 17.6. The number of amides is 1. The summed E-state index contributed by atoms with van der Waals surface area (Å²) in [5.41, 5.74) is -1.49. The number of carbonyl (C=O) groups is 1. The monoisotopic (exact) mass is 395 g/mol. The van der Waals surface area contributed by atoms with Crippen LogP contribution in [0.4, 0.5) is 13.6 Å². The topological polar surface area (TPSA) is 48.0 Å². The number of rotatable bonds is 1. The van der Waals surface area contributed by atoms with E-state index in [0.29, 0.717) is 18.5 Å². The SMILES string of the molecule is CC(C)(C)OC(=O)N1CCc2cc(F)c(B3OC(C)(C)C(C)(C)O3)c(F)c2C1. The van der Waals surface area contributed by atoms with Gasteiger partial charge in [0.25, 0.3) is 0 Å². The third-order valence-electron chi connectivity index (χ3n) is 5.59. The van der Waals surface area contributed by atoms with Crippen molar-refractivity contribution in [1.29, 1.82) is 0 Å². The van der Waals surface area contributed by atoms with E-state index in [1.54, 1.807) is 20.8 Å². The number of hydrogen-bond donors (Lipinski definition) is 0. The van der Waals surface area contributed by atoms with Gasteiger partial charge in [0, 0.05) is 12.1 Å². The molecule has 1 aromatic rings. The van der Waals surface area contributed by atoms with Gasteiger partial charge in [0.15, 0.2) is 0 Å². The highest BCUT2D eigenvalue weighted by Crippen LogP contribution is 2.37. The summed E-state index contributed by atoms with van der Waals surface area (Å²) < 4.78 is 47.2. The quantitative estimate of drug-likeness (QED) is 0.683. The van der Waals surface area contributed by atoms with Crippen molar-refractivity contribution < 1.29 is 27.6 Å². The van der Waals surface area contributed by atoms with Gasteiger partial charge in [0.2, 0.25) is 0 Å². The van der Waals surface area contributed by atoms with Crippen molar-refractivity contribution in [3.05, 3.63) is 28.8 Å². The van der Waals surface area contributed by atoms with Crippen LogP contribution in [0.2, 0.25) is 0 Å². The average molecular weight is 395 g/mol. The minimum Gasteiger partial charge on any atom is -0.444 e. The van der Waals surface area contributed by atoms with Crippen molar-refractivity contribution in [2.24, 2.45) is 0 Å². The number of fused-ring (bicyclic) bond motifs is 1. The van der Waals surface area contributed by atoms with Gasteiger partial charge in [-0.1, -0.05) is 0 Å². The smallest absolute Gasteiger partial charge is 0.444 e. The summed E-state index contributed by atoms with van der Waals surface area (Å²) in [5.74, 6) is -1.41. The predicted octanol–water partition coefficient (Wildman–Crippen LogP) is 3.56. The fourth-order valence-electron chi connectivity index (χ4n) is 3.30. The van der Waals surface area contributed by atoms with Gasteiger partial charge in [0.1, 0.15) is 17.2 Å². The first-order chi connectivity index (χ1) is 12.7. The summed E-state index contributed by atoms with van der Waals surface area (Å²) in [7, 11) is -1.15. The first-order valence-corrected chi connectivity index (χ1v) is 9.55. The lowest BCUT2D eigenvalue weighted by Crippen LogP contribution is -2.44. The Morgan fingerprint density at radius 2 is 1.75 bits per heavy atom. The maximum absolute atomic E-state index is 15.4. The lowest BCUT2D eigenvalue weighted by Gasteiger charge is -2.32. The van der Waals surface area contributed by atoms with Crippen LogP contribution in [0.1, 0.15) is 59.6 Å². The summed E-state index contributed by atoms with van der Waals surface area (Å²) in [6, 6.07) is 1.32. The molecule has 1 saturated heterocycles. The molecule has 0 radical (unpaired) electrons. The highest BCUT2D eigenvalue weighted by molar-refractivity contribution is 6.62. The highest BCUT2D eigenvalue weighted by Gasteiger charge is 2.53. The summed E-state index contributed by atoms with van der Waals surface area (Å²) in [4.78, 5) is 13.8. The average Bonchev–Trinajstić information content (AvgIpc) is 2.73. The first-order valence-electron chi connectivity index (χ1n) is 9.55. The van der Waals surface area contributed by atoms with E-state index in [-0.39, 0.29) is 17.6 Å². The van der Waals surface area contributed by atoms with Gasteiger partial charge in [-0.3, -0.25) is 0 Å². The third-order valence-corrected chi connectivity index (χ3v) is 5.59. The van der Waals surface area contributed by atoms with Crippen LogP contribution in [0, 0.1) is 11.6 Å². The molecule has 3 rings (SSSR count). The number of nitrogens with zero attached hydrogens (tertiary/aromatic N) is 1. The number of halogens is 2. The standard InChI is InChI=1S/C20H28BF2NO4/c1-18(2,3)26-17(25)24-9-8-12-10-14(22)15(16(23)13(12)11-24)21-27-19(4,5)20(6,7)28-21/h10H,8-9,11H2,1-7H3. The molecular weight excluding hydrogens is 367 g/mol. The van der Waals surface area contributed by atoms with Crippen molar-refractivity contribution >= 4 is 18.7 Å².